The van der Waals surface area contributed by atoms with Gasteiger partial charge in [0.25, 0.3) is 0 Å². The second kappa shape index (κ2) is 5.78. The average Bonchev–Trinajstić information content (AvgIpc) is 2.80. The second-order valence-electron chi connectivity index (χ2n) is 4.54. The average molecular weight is 294 g/mol. The van der Waals surface area contributed by atoms with E-state index in [2.05, 4.69) is 10.3 Å². The lowest BCUT2D eigenvalue weighted by Crippen LogP contribution is -2.11. The van der Waals surface area contributed by atoms with Crippen LogP contribution in [0.25, 0.3) is 0 Å². The summed E-state index contributed by atoms with van der Waals surface area (Å²) >= 11 is 0. The van der Waals surface area contributed by atoms with Crippen LogP contribution in [0.3, 0.4) is 0 Å². The summed E-state index contributed by atoms with van der Waals surface area (Å²) in [7, 11) is 3.03. The second-order valence-corrected chi connectivity index (χ2v) is 4.54. The number of halogens is 1. The summed E-state index contributed by atoms with van der Waals surface area (Å²) in [5.74, 6) is -0.331. The van der Waals surface area contributed by atoms with E-state index in [0.29, 0.717) is 5.56 Å². The van der Waals surface area contributed by atoms with Gasteiger partial charge in [0, 0.05) is 7.05 Å². The maximum absolute atomic E-state index is 13.7. The van der Waals surface area contributed by atoms with Crippen LogP contribution in [0.5, 0.6) is 5.75 Å². The predicted molar refractivity (Wildman–Crippen MR) is 74.9 cm³/mol. The number of hydrogen-bond donors (Lipinski definition) is 1. The highest BCUT2D eigenvalue weighted by Crippen LogP contribution is 2.28. The molecule has 8 heteroatoms. The van der Waals surface area contributed by atoms with Crippen molar-refractivity contribution in [1.82, 2.24) is 9.55 Å². The minimum Gasteiger partial charge on any atom is -0.494 e. The first-order valence-corrected chi connectivity index (χ1v) is 6.19. The molecule has 0 amide bonds. The molecule has 0 aliphatic carbocycles. The number of benzene rings is 1. The molecule has 1 N–H and O–H groups in total. The van der Waals surface area contributed by atoms with Crippen molar-refractivity contribution in [2.45, 2.75) is 13.0 Å². The summed E-state index contributed by atoms with van der Waals surface area (Å²) in [5, 5.41) is 13.9. The fourth-order valence-electron chi connectivity index (χ4n) is 1.96. The van der Waals surface area contributed by atoms with Crippen molar-refractivity contribution in [3.8, 4) is 5.75 Å². The number of hydrogen-bond acceptors (Lipinski definition) is 5. The van der Waals surface area contributed by atoms with Crippen molar-refractivity contribution in [2.75, 3.05) is 12.4 Å². The Balaban J connectivity index is 2.26. The molecule has 0 aliphatic rings. The number of ether oxygens (including phenoxy) is 1. The summed E-state index contributed by atoms with van der Waals surface area (Å²) in [6.07, 6.45) is 1.35. The lowest BCUT2D eigenvalue weighted by molar-refractivity contribution is -0.388. The van der Waals surface area contributed by atoms with Gasteiger partial charge in [0.2, 0.25) is 12.1 Å². The van der Waals surface area contributed by atoms with E-state index < -0.39 is 10.7 Å². The highest BCUT2D eigenvalue weighted by Gasteiger charge is 2.22. The third-order valence-electron chi connectivity index (χ3n) is 3.12. The molecule has 0 saturated heterocycles. The Morgan fingerprint density at radius 2 is 2.24 bits per heavy atom. The number of aromatic nitrogens is 2. The van der Waals surface area contributed by atoms with E-state index in [1.807, 2.05) is 0 Å². The predicted octanol–water partition coefficient (Wildman–Crippen LogP) is 2.65. The van der Waals surface area contributed by atoms with Gasteiger partial charge >= 0.3 is 5.82 Å². The van der Waals surface area contributed by atoms with Crippen molar-refractivity contribution in [2.24, 2.45) is 7.05 Å². The molecule has 1 heterocycles. The fourth-order valence-corrected chi connectivity index (χ4v) is 1.96. The molecule has 1 atom stereocenters. The van der Waals surface area contributed by atoms with Crippen LogP contribution < -0.4 is 10.1 Å². The van der Waals surface area contributed by atoms with Crippen LogP contribution in [-0.2, 0) is 7.05 Å². The smallest absolute Gasteiger partial charge is 0.406 e. The maximum atomic E-state index is 13.7. The van der Waals surface area contributed by atoms with Crippen LogP contribution in [0.2, 0.25) is 0 Å². The van der Waals surface area contributed by atoms with Crippen molar-refractivity contribution in [1.29, 1.82) is 0 Å². The van der Waals surface area contributed by atoms with Gasteiger partial charge in [-0.15, -0.1) is 0 Å². The van der Waals surface area contributed by atoms with Crippen LogP contribution in [0.4, 0.5) is 16.0 Å². The Bertz CT molecular complexity index is 671. The molecule has 21 heavy (non-hydrogen) atoms. The van der Waals surface area contributed by atoms with Crippen LogP contribution >= 0.6 is 0 Å². The first-order valence-electron chi connectivity index (χ1n) is 6.19. The van der Waals surface area contributed by atoms with Gasteiger partial charge in [0.05, 0.1) is 13.2 Å². The molecule has 0 radical (unpaired) electrons. The normalized spacial score (nSPS) is 12.0. The van der Waals surface area contributed by atoms with E-state index >= 15 is 0 Å². The van der Waals surface area contributed by atoms with Crippen LogP contribution in [0, 0.1) is 15.9 Å². The molecule has 0 unspecified atom stereocenters. The van der Waals surface area contributed by atoms with Crippen molar-refractivity contribution in [3.05, 3.63) is 46.0 Å². The Labute approximate surface area is 120 Å². The Morgan fingerprint density at radius 3 is 2.81 bits per heavy atom. The molecule has 0 aliphatic heterocycles. The third-order valence-corrected chi connectivity index (χ3v) is 3.12. The number of nitrogens with one attached hydrogen (secondary N) is 1. The third kappa shape index (κ3) is 2.93. The first kappa shape index (κ1) is 14.8. The van der Waals surface area contributed by atoms with Crippen molar-refractivity contribution >= 4 is 11.6 Å². The quantitative estimate of drug-likeness (QED) is 0.677. The SMILES string of the molecule is COc1ccc([C@H](C)Nc2c([N+](=O)[O-])ncn2C)cc1F. The first-order chi connectivity index (χ1) is 9.93. The van der Waals surface area contributed by atoms with Crippen LogP contribution in [0.1, 0.15) is 18.5 Å². The lowest BCUT2D eigenvalue weighted by Gasteiger charge is -2.16. The standard InChI is InChI=1S/C13H15FN4O3/c1-8(9-4-5-11(21-3)10(14)6-9)16-13-12(18(19)20)15-7-17(13)2/h4-8,16H,1-3H3/t8-/m0/s1. The molecule has 0 bridgehead atoms. The molecule has 0 spiro atoms. The lowest BCUT2D eigenvalue weighted by atomic mass is 10.1. The summed E-state index contributed by atoms with van der Waals surface area (Å²) in [5.41, 5.74) is 0.642. The van der Waals surface area contributed by atoms with E-state index in [4.69, 9.17) is 4.74 Å². The van der Waals surface area contributed by atoms with Gasteiger partial charge in [0.1, 0.15) is 0 Å². The topological polar surface area (TPSA) is 82.2 Å². The number of methoxy groups -OCH3 is 1. The molecule has 1 aromatic carbocycles. The molecule has 1 aromatic heterocycles. The van der Waals surface area contributed by atoms with Gasteiger partial charge in [-0.3, -0.25) is 4.57 Å². The maximum Gasteiger partial charge on any atom is 0.406 e. The van der Waals surface area contributed by atoms with E-state index in [1.165, 1.54) is 30.1 Å². The molecule has 112 valence electrons. The van der Waals surface area contributed by atoms with Gasteiger partial charge in [-0.2, -0.15) is 0 Å². The number of nitrogens with zero attached hydrogens (tertiary/aromatic N) is 3. The highest BCUT2D eigenvalue weighted by molar-refractivity contribution is 5.53. The summed E-state index contributed by atoms with van der Waals surface area (Å²) in [6.45, 7) is 1.78. The minimum atomic E-state index is -0.566. The van der Waals surface area contributed by atoms with Crippen LogP contribution in [0.15, 0.2) is 24.5 Å². The van der Waals surface area contributed by atoms with Crippen molar-refractivity contribution in [3.63, 3.8) is 0 Å². The zero-order valence-corrected chi connectivity index (χ0v) is 11.8. The Hall–Kier alpha value is -2.64. The Kier molecular flexibility index (Phi) is 4.06. The molecular weight excluding hydrogens is 279 g/mol. The molecule has 7 nitrogen and oxygen atoms in total. The van der Waals surface area contributed by atoms with Gasteiger partial charge < -0.3 is 20.2 Å². The largest absolute Gasteiger partial charge is 0.494 e. The van der Waals surface area contributed by atoms with E-state index in [0.717, 1.165) is 0 Å². The Morgan fingerprint density at radius 1 is 1.52 bits per heavy atom. The van der Waals surface area contributed by atoms with Crippen molar-refractivity contribution < 1.29 is 14.1 Å². The van der Waals surface area contributed by atoms with E-state index in [-0.39, 0.29) is 23.4 Å². The van der Waals surface area contributed by atoms with E-state index in [1.54, 1.807) is 20.0 Å². The highest BCUT2D eigenvalue weighted by atomic mass is 19.1. The monoisotopic (exact) mass is 294 g/mol. The van der Waals surface area contributed by atoms with E-state index in [9.17, 15) is 14.5 Å². The minimum absolute atomic E-state index is 0.150. The molecule has 0 saturated carbocycles. The summed E-state index contributed by atoms with van der Waals surface area (Å²) < 4.78 is 20.1. The van der Waals surface area contributed by atoms with Gasteiger partial charge in [-0.1, -0.05) is 6.07 Å². The zero-order chi connectivity index (χ0) is 15.6. The molecule has 2 rings (SSSR count). The van der Waals surface area contributed by atoms with Crippen LogP contribution in [-0.4, -0.2) is 21.6 Å². The fraction of sp³-hybridized carbons (Fsp3) is 0.308. The summed E-state index contributed by atoms with van der Waals surface area (Å²) in [6, 6.07) is 4.21. The molecule has 2 aromatic rings. The number of rotatable bonds is 5. The van der Waals surface area contributed by atoms with Gasteiger partial charge in [-0.05, 0) is 34.5 Å². The zero-order valence-electron chi connectivity index (χ0n) is 11.8. The number of imidazole rings is 1. The number of anilines is 1. The molecular formula is C13H15FN4O3. The number of nitro groups is 1. The van der Waals surface area contributed by atoms with Gasteiger partial charge in [-0.25, -0.2) is 4.39 Å². The molecule has 0 fully saturated rings. The van der Waals surface area contributed by atoms with Gasteiger partial charge in [0.15, 0.2) is 11.6 Å². The number of aryl methyl sites for hydroxylation is 1. The summed E-state index contributed by atoms with van der Waals surface area (Å²) in [4.78, 5) is 14.1.